The number of thiophene rings is 1. The van der Waals surface area contributed by atoms with E-state index in [2.05, 4.69) is 28.2 Å². The summed E-state index contributed by atoms with van der Waals surface area (Å²) in [7, 11) is 0. The maximum absolute atomic E-state index is 11.4. The van der Waals surface area contributed by atoms with Crippen LogP contribution in [0.1, 0.15) is 18.2 Å². The van der Waals surface area contributed by atoms with Crippen LogP contribution in [0, 0.1) is 0 Å². The topological polar surface area (TPSA) is 29.1 Å². The van der Waals surface area contributed by atoms with Crippen molar-refractivity contribution in [1.82, 2.24) is 5.32 Å². The Balaban J connectivity index is 2.17. The smallest absolute Gasteiger partial charge is 0.225 e. The quantitative estimate of drug-likeness (QED) is 0.823. The summed E-state index contributed by atoms with van der Waals surface area (Å²) < 4.78 is 0. The molecule has 1 heterocycles. The molecule has 0 bridgehead atoms. The van der Waals surface area contributed by atoms with Gasteiger partial charge in [-0.05, 0) is 17.9 Å². The van der Waals surface area contributed by atoms with Crippen LogP contribution in [0.5, 0.6) is 0 Å². The zero-order valence-corrected chi connectivity index (χ0v) is 10.5. The van der Waals surface area contributed by atoms with Crippen LogP contribution in [0.2, 0.25) is 0 Å². The van der Waals surface area contributed by atoms with Crippen LogP contribution in [0.4, 0.5) is 0 Å². The molecule has 1 atom stereocenters. The Kier molecular flexibility index (Phi) is 5.19. The fraction of sp³-hybridized carbons (Fsp3) is 0.500. The number of amides is 1. The molecule has 0 spiro atoms. The SMILES string of the molecule is CC(Br)CCNC(=O)Cc1cccs1. The number of hydrogen-bond donors (Lipinski definition) is 1. The molecule has 1 N–H and O–H groups in total. The van der Waals surface area contributed by atoms with E-state index in [0.29, 0.717) is 11.2 Å². The minimum Gasteiger partial charge on any atom is -0.356 e. The van der Waals surface area contributed by atoms with Crippen molar-refractivity contribution in [2.24, 2.45) is 0 Å². The molecule has 1 amide bonds. The van der Waals surface area contributed by atoms with Crippen molar-refractivity contribution >= 4 is 33.2 Å². The molecule has 2 nitrogen and oxygen atoms in total. The van der Waals surface area contributed by atoms with E-state index in [9.17, 15) is 4.79 Å². The van der Waals surface area contributed by atoms with Gasteiger partial charge in [0, 0.05) is 16.2 Å². The zero-order valence-electron chi connectivity index (χ0n) is 8.13. The van der Waals surface area contributed by atoms with Crippen molar-refractivity contribution in [3.05, 3.63) is 22.4 Å². The van der Waals surface area contributed by atoms with Gasteiger partial charge in [-0.2, -0.15) is 0 Å². The van der Waals surface area contributed by atoms with Crippen molar-refractivity contribution in [2.75, 3.05) is 6.54 Å². The lowest BCUT2D eigenvalue weighted by Gasteiger charge is -2.05. The second kappa shape index (κ2) is 6.19. The standard InChI is InChI=1S/C10H14BrNOS/c1-8(11)4-5-12-10(13)7-9-3-2-6-14-9/h2-3,6,8H,4-5,7H2,1H3,(H,12,13). The van der Waals surface area contributed by atoms with E-state index >= 15 is 0 Å². The van der Waals surface area contributed by atoms with Gasteiger partial charge in [0.25, 0.3) is 0 Å². The molecule has 0 aliphatic rings. The van der Waals surface area contributed by atoms with Gasteiger partial charge < -0.3 is 5.32 Å². The summed E-state index contributed by atoms with van der Waals surface area (Å²) in [6, 6.07) is 3.95. The van der Waals surface area contributed by atoms with Crippen LogP contribution in [0.15, 0.2) is 17.5 Å². The molecule has 0 saturated carbocycles. The average Bonchev–Trinajstić information content (AvgIpc) is 2.56. The third-order valence-electron chi connectivity index (χ3n) is 1.78. The Morgan fingerprint density at radius 3 is 3.07 bits per heavy atom. The minimum atomic E-state index is 0.112. The molecule has 78 valence electrons. The van der Waals surface area contributed by atoms with Crippen LogP contribution in [-0.4, -0.2) is 17.3 Å². The van der Waals surface area contributed by atoms with Crippen LogP contribution in [0.25, 0.3) is 0 Å². The molecule has 1 aromatic heterocycles. The third-order valence-corrected chi connectivity index (χ3v) is 3.11. The van der Waals surface area contributed by atoms with Crippen molar-refractivity contribution in [3.8, 4) is 0 Å². The van der Waals surface area contributed by atoms with E-state index in [0.717, 1.165) is 17.8 Å². The van der Waals surface area contributed by atoms with E-state index in [1.165, 1.54) is 0 Å². The predicted molar refractivity (Wildman–Crippen MR) is 64.0 cm³/mol. The molecular formula is C10H14BrNOS. The summed E-state index contributed by atoms with van der Waals surface area (Å²) in [5.41, 5.74) is 0. The molecular weight excluding hydrogens is 262 g/mol. The van der Waals surface area contributed by atoms with Gasteiger partial charge in [-0.15, -0.1) is 11.3 Å². The first-order chi connectivity index (χ1) is 6.68. The maximum Gasteiger partial charge on any atom is 0.225 e. The lowest BCUT2D eigenvalue weighted by molar-refractivity contribution is -0.120. The molecule has 1 aromatic rings. The highest BCUT2D eigenvalue weighted by molar-refractivity contribution is 9.09. The summed E-state index contributed by atoms with van der Waals surface area (Å²) in [5, 5.41) is 4.88. The lowest BCUT2D eigenvalue weighted by atomic mass is 10.3. The monoisotopic (exact) mass is 275 g/mol. The number of alkyl halides is 1. The van der Waals surface area contributed by atoms with Gasteiger partial charge in [-0.3, -0.25) is 4.79 Å². The van der Waals surface area contributed by atoms with Crippen LogP contribution in [-0.2, 0) is 11.2 Å². The fourth-order valence-corrected chi connectivity index (χ4v) is 1.98. The Hall–Kier alpha value is -0.350. The molecule has 1 unspecified atom stereocenters. The molecule has 0 aliphatic heterocycles. The minimum absolute atomic E-state index is 0.112. The molecule has 4 heteroatoms. The Labute approximate surface area is 96.8 Å². The maximum atomic E-state index is 11.4. The summed E-state index contributed by atoms with van der Waals surface area (Å²) in [4.78, 5) is 13.0. The van der Waals surface area contributed by atoms with Crippen LogP contribution in [0.3, 0.4) is 0 Å². The summed E-state index contributed by atoms with van der Waals surface area (Å²) >= 11 is 5.06. The number of rotatable bonds is 5. The Morgan fingerprint density at radius 1 is 1.71 bits per heavy atom. The van der Waals surface area contributed by atoms with E-state index in [1.54, 1.807) is 11.3 Å². The van der Waals surface area contributed by atoms with Crippen LogP contribution < -0.4 is 5.32 Å². The van der Waals surface area contributed by atoms with Crippen molar-refractivity contribution in [1.29, 1.82) is 0 Å². The Bertz CT molecular complexity index is 272. The largest absolute Gasteiger partial charge is 0.356 e. The third kappa shape index (κ3) is 4.77. The average molecular weight is 276 g/mol. The summed E-state index contributed by atoms with van der Waals surface area (Å²) in [6.45, 7) is 2.82. The number of nitrogens with one attached hydrogen (secondary N) is 1. The van der Waals surface area contributed by atoms with Gasteiger partial charge in [0.15, 0.2) is 0 Å². The van der Waals surface area contributed by atoms with Gasteiger partial charge >= 0.3 is 0 Å². The van der Waals surface area contributed by atoms with Crippen molar-refractivity contribution in [3.63, 3.8) is 0 Å². The summed E-state index contributed by atoms with van der Waals surface area (Å²) in [5.74, 6) is 0.112. The van der Waals surface area contributed by atoms with E-state index < -0.39 is 0 Å². The number of halogens is 1. The fourth-order valence-electron chi connectivity index (χ4n) is 1.04. The van der Waals surface area contributed by atoms with Crippen LogP contribution >= 0.6 is 27.3 Å². The van der Waals surface area contributed by atoms with E-state index in [-0.39, 0.29) is 5.91 Å². The number of carbonyl (C=O) groups excluding carboxylic acids is 1. The second-order valence-electron chi connectivity index (χ2n) is 3.18. The first kappa shape index (κ1) is 11.7. The summed E-state index contributed by atoms with van der Waals surface area (Å²) in [6.07, 6.45) is 1.48. The van der Waals surface area contributed by atoms with Gasteiger partial charge in [-0.25, -0.2) is 0 Å². The van der Waals surface area contributed by atoms with E-state index in [4.69, 9.17) is 0 Å². The van der Waals surface area contributed by atoms with E-state index in [1.807, 2.05) is 17.5 Å². The van der Waals surface area contributed by atoms with Crippen molar-refractivity contribution in [2.45, 2.75) is 24.6 Å². The molecule has 1 rings (SSSR count). The number of hydrogen-bond acceptors (Lipinski definition) is 2. The van der Waals surface area contributed by atoms with Gasteiger partial charge in [0.1, 0.15) is 0 Å². The normalized spacial score (nSPS) is 12.4. The number of carbonyl (C=O) groups is 1. The molecule has 0 aromatic carbocycles. The molecule has 0 aliphatic carbocycles. The van der Waals surface area contributed by atoms with Gasteiger partial charge in [-0.1, -0.05) is 28.9 Å². The molecule has 0 saturated heterocycles. The highest BCUT2D eigenvalue weighted by Crippen LogP contribution is 2.08. The van der Waals surface area contributed by atoms with Gasteiger partial charge in [0.05, 0.1) is 6.42 Å². The molecule has 0 radical (unpaired) electrons. The highest BCUT2D eigenvalue weighted by atomic mass is 79.9. The lowest BCUT2D eigenvalue weighted by Crippen LogP contribution is -2.26. The first-order valence-corrected chi connectivity index (χ1v) is 6.41. The molecule has 0 fully saturated rings. The van der Waals surface area contributed by atoms with Crippen molar-refractivity contribution < 1.29 is 4.79 Å². The zero-order chi connectivity index (χ0) is 10.4. The highest BCUT2D eigenvalue weighted by Gasteiger charge is 2.03. The second-order valence-corrected chi connectivity index (χ2v) is 5.77. The predicted octanol–water partition coefficient (Wildman–Crippen LogP) is 2.58. The molecule has 14 heavy (non-hydrogen) atoms. The van der Waals surface area contributed by atoms with Gasteiger partial charge in [0.2, 0.25) is 5.91 Å². The first-order valence-electron chi connectivity index (χ1n) is 4.61. The Morgan fingerprint density at radius 2 is 2.50 bits per heavy atom.